The molecule has 116 valence electrons. The van der Waals surface area contributed by atoms with Gasteiger partial charge in [0.2, 0.25) is 5.95 Å². The number of nitrogens with zero attached hydrogens (tertiary/aromatic N) is 5. The minimum absolute atomic E-state index is 0.0650. The summed E-state index contributed by atoms with van der Waals surface area (Å²) in [6.07, 6.45) is 4.83. The number of H-pyrrole nitrogens is 1. The predicted octanol–water partition coefficient (Wildman–Crippen LogP) is 2.28. The number of nitrogens with one attached hydrogen (secondary N) is 2. The van der Waals surface area contributed by atoms with Crippen molar-refractivity contribution in [3.63, 3.8) is 0 Å². The van der Waals surface area contributed by atoms with E-state index in [1.54, 1.807) is 24.6 Å². The van der Waals surface area contributed by atoms with E-state index in [2.05, 4.69) is 35.5 Å². The zero-order valence-corrected chi connectivity index (χ0v) is 13.4. The minimum atomic E-state index is -0.515. The fraction of sp³-hybridized carbons (Fsp3) is 0.0769. The third-order valence-corrected chi connectivity index (χ3v) is 3.58. The maximum Gasteiger partial charge on any atom is 0.278 e. The molecule has 0 bridgehead atoms. The largest absolute Gasteiger partial charge is 0.288 e. The number of anilines is 1. The minimum Gasteiger partial charge on any atom is -0.288 e. The highest BCUT2D eigenvalue weighted by atomic mass is 35.5. The monoisotopic (exact) mass is 347 g/mol. The normalized spacial score (nSPS) is 10.5. The van der Waals surface area contributed by atoms with Crippen LogP contribution in [0.2, 0.25) is 5.02 Å². The molecule has 2 N–H and O–H groups in total. The Labute approximate surface area is 140 Å². The molecule has 0 aliphatic rings. The number of rotatable bonds is 4. The van der Waals surface area contributed by atoms with Gasteiger partial charge in [0.05, 0.1) is 11.2 Å². The second-order valence-electron chi connectivity index (χ2n) is 4.23. The molecule has 0 atom stereocenters. The standard InChI is InChI=1S/C13H10ClN7OS/c1-23-13-16-6-7(14)9(17-13)11(22)19-12-18-10(20-21-12)8-4-2-3-5-15-8/h2-6H,1H3,(H2,18,19,20,21,22). The molecule has 3 rings (SSSR count). The van der Waals surface area contributed by atoms with Gasteiger partial charge in [-0.3, -0.25) is 20.2 Å². The van der Waals surface area contributed by atoms with Crippen LogP contribution in [0, 0.1) is 0 Å². The molecule has 0 aromatic carbocycles. The van der Waals surface area contributed by atoms with Gasteiger partial charge < -0.3 is 0 Å². The lowest BCUT2D eigenvalue weighted by atomic mass is 10.3. The second-order valence-corrected chi connectivity index (χ2v) is 5.41. The Balaban J connectivity index is 1.80. The number of carbonyl (C=O) groups is 1. The number of aromatic amines is 1. The van der Waals surface area contributed by atoms with Crippen LogP contribution in [0.25, 0.3) is 11.5 Å². The average molecular weight is 348 g/mol. The van der Waals surface area contributed by atoms with Crippen LogP contribution in [-0.2, 0) is 0 Å². The van der Waals surface area contributed by atoms with Crippen LogP contribution in [0.5, 0.6) is 0 Å². The number of aromatic nitrogens is 6. The maximum absolute atomic E-state index is 12.2. The number of hydrogen-bond donors (Lipinski definition) is 2. The molecule has 0 fully saturated rings. The molecule has 0 aliphatic heterocycles. The Hall–Kier alpha value is -2.52. The summed E-state index contributed by atoms with van der Waals surface area (Å²) in [4.78, 5) is 28.6. The van der Waals surface area contributed by atoms with Gasteiger partial charge in [-0.25, -0.2) is 9.97 Å². The molecule has 0 aliphatic carbocycles. The summed E-state index contributed by atoms with van der Waals surface area (Å²) in [5, 5.41) is 9.78. The van der Waals surface area contributed by atoms with Crippen molar-refractivity contribution < 1.29 is 4.79 Å². The molecule has 3 aromatic rings. The smallest absolute Gasteiger partial charge is 0.278 e. The predicted molar refractivity (Wildman–Crippen MR) is 86.4 cm³/mol. The molecule has 0 unspecified atom stereocenters. The van der Waals surface area contributed by atoms with Gasteiger partial charge in [0, 0.05) is 6.20 Å². The van der Waals surface area contributed by atoms with Crippen LogP contribution in [0.1, 0.15) is 10.5 Å². The number of amides is 1. The zero-order chi connectivity index (χ0) is 16.2. The fourth-order valence-electron chi connectivity index (χ4n) is 1.70. The van der Waals surface area contributed by atoms with Crippen molar-refractivity contribution in [1.82, 2.24) is 30.1 Å². The van der Waals surface area contributed by atoms with E-state index in [4.69, 9.17) is 11.6 Å². The zero-order valence-electron chi connectivity index (χ0n) is 11.8. The molecule has 1 amide bonds. The summed E-state index contributed by atoms with van der Waals surface area (Å²) in [6.45, 7) is 0. The van der Waals surface area contributed by atoms with Gasteiger partial charge in [0.25, 0.3) is 5.91 Å². The fourth-order valence-corrected chi connectivity index (χ4v) is 2.22. The van der Waals surface area contributed by atoms with Gasteiger partial charge in [0.1, 0.15) is 5.69 Å². The van der Waals surface area contributed by atoms with Gasteiger partial charge in [-0.15, -0.1) is 5.10 Å². The highest BCUT2D eigenvalue weighted by Gasteiger charge is 2.16. The summed E-state index contributed by atoms with van der Waals surface area (Å²) in [7, 11) is 0. The Morgan fingerprint density at radius 2 is 2.17 bits per heavy atom. The van der Waals surface area contributed by atoms with Crippen molar-refractivity contribution in [3.05, 3.63) is 41.3 Å². The van der Waals surface area contributed by atoms with Crippen molar-refractivity contribution in [2.75, 3.05) is 11.6 Å². The molecule has 0 saturated heterocycles. The third-order valence-electron chi connectivity index (χ3n) is 2.74. The summed E-state index contributed by atoms with van der Waals surface area (Å²) in [5.74, 6) is 0.0368. The highest BCUT2D eigenvalue weighted by Crippen LogP contribution is 2.18. The first-order chi connectivity index (χ1) is 11.2. The molecule has 0 radical (unpaired) electrons. The molecule has 3 aromatic heterocycles. The van der Waals surface area contributed by atoms with Crippen LogP contribution < -0.4 is 5.32 Å². The molecular formula is C13H10ClN7OS. The summed E-state index contributed by atoms with van der Waals surface area (Å²) in [5.41, 5.74) is 0.681. The Bertz CT molecular complexity index is 839. The van der Waals surface area contributed by atoms with E-state index < -0.39 is 5.91 Å². The van der Waals surface area contributed by atoms with E-state index in [1.165, 1.54) is 18.0 Å². The van der Waals surface area contributed by atoms with E-state index in [1.807, 2.05) is 6.07 Å². The van der Waals surface area contributed by atoms with E-state index in [9.17, 15) is 4.79 Å². The Morgan fingerprint density at radius 1 is 1.30 bits per heavy atom. The highest BCUT2D eigenvalue weighted by molar-refractivity contribution is 7.98. The van der Waals surface area contributed by atoms with Crippen LogP contribution in [0.4, 0.5) is 5.95 Å². The SMILES string of the molecule is CSc1ncc(Cl)c(C(=O)Nc2n[nH]c(-c3ccccn3)n2)n1. The first-order valence-electron chi connectivity index (χ1n) is 6.39. The van der Waals surface area contributed by atoms with E-state index in [0.717, 1.165) is 0 Å². The molecule has 23 heavy (non-hydrogen) atoms. The number of halogens is 1. The molecule has 3 heterocycles. The summed E-state index contributed by atoms with van der Waals surface area (Å²) < 4.78 is 0. The quantitative estimate of drug-likeness (QED) is 0.550. The molecular weight excluding hydrogens is 338 g/mol. The van der Waals surface area contributed by atoms with Gasteiger partial charge in [0.15, 0.2) is 16.7 Å². The second kappa shape index (κ2) is 6.71. The Kier molecular flexibility index (Phi) is 4.49. The third kappa shape index (κ3) is 3.46. The van der Waals surface area contributed by atoms with E-state index >= 15 is 0 Å². The summed E-state index contributed by atoms with van der Waals surface area (Å²) in [6, 6.07) is 5.40. The van der Waals surface area contributed by atoms with Crippen LogP contribution in [-0.4, -0.2) is 42.3 Å². The van der Waals surface area contributed by atoms with Gasteiger partial charge in [-0.2, -0.15) is 4.98 Å². The molecule has 10 heteroatoms. The Morgan fingerprint density at radius 3 is 2.91 bits per heavy atom. The van der Waals surface area contributed by atoms with Crippen molar-refractivity contribution in [1.29, 1.82) is 0 Å². The molecule has 0 saturated carbocycles. The first-order valence-corrected chi connectivity index (χ1v) is 7.99. The van der Waals surface area contributed by atoms with Gasteiger partial charge >= 0.3 is 0 Å². The van der Waals surface area contributed by atoms with Gasteiger partial charge in [-0.05, 0) is 18.4 Å². The lowest BCUT2D eigenvalue weighted by Crippen LogP contribution is -2.16. The summed E-state index contributed by atoms with van der Waals surface area (Å²) >= 11 is 7.27. The topological polar surface area (TPSA) is 109 Å². The first kappa shape index (κ1) is 15.4. The molecule has 8 nitrogen and oxygen atoms in total. The number of pyridine rings is 1. The van der Waals surface area contributed by atoms with Crippen LogP contribution in [0.15, 0.2) is 35.7 Å². The molecule has 0 spiro atoms. The van der Waals surface area contributed by atoms with E-state index in [0.29, 0.717) is 16.7 Å². The lowest BCUT2D eigenvalue weighted by Gasteiger charge is -2.03. The van der Waals surface area contributed by atoms with Crippen molar-refractivity contribution >= 4 is 35.2 Å². The van der Waals surface area contributed by atoms with Crippen LogP contribution in [0.3, 0.4) is 0 Å². The van der Waals surface area contributed by atoms with Gasteiger partial charge in [-0.1, -0.05) is 29.4 Å². The van der Waals surface area contributed by atoms with E-state index in [-0.39, 0.29) is 16.7 Å². The van der Waals surface area contributed by atoms with Crippen LogP contribution >= 0.6 is 23.4 Å². The number of thioether (sulfide) groups is 1. The maximum atomic E-state index is 12.2. The van der Waals surface area contributed by atoms with Crippen molar-refractivity contribution in [3.8, 4) is 11.5 Å². The number of hydrogen-bond acceptors (Lipinski definition) is 7. The lowest BCUT2D eigenvalue weighted by molar-refractivity contribution is 0.102. The van der Waals surface area contributed by atoms with Crippen molar-refractivity contribution in [2.45, 2.75) is 5.16 Å². The van der Waals surface area contributed by atoms with Crippen molar-refractivity contribution in [2.24, 2.45) is 0 Å². The number of carbonyl (C=O) groups excluding carboxylic acids is 1. The average Bonchev–Trinajstić information content (AvgIpc) is 3.04.